The van der Waals surface area contributed by atoms with Crippen molar-refractivity contribution in [2.45, 2.75) is 58.0 Å². The molecule has 1 unspecified atom stereocenters. The smallest absolute Gasteiger partial charge is 0.237 e. The molecule has 0 radical (unpaired) electrons. The third kappa shape index (κ3) is 4.35. The highest BCUT2D eigenvalue weighted by Gasteiger charge is 2.21. The van der Waals surface area contributed by atoms with E-state index in [0.717, 1.165) is 12.1 Å². The van der Waals surface area contributed by atoms with Crippen molar-refractivity contribution >= 4 is 5.91 Å². The van der Waals surface area contributed by atoms with Crippen LogP contribution in [0.1, 0.15) is 50.0 Å². The fraction of sp³-hybridized carbons (Fsp3) is 0.714. The van der Waals surface area contributed by atoms with Crippen molar-refractivity contribution < 1.29 is 9.32 Å². The molecular weight excluding hydrogens is 242 g/mol. The van der Waals surface area contributed by atoms with Crippen molar-refractivity contribution in [3.05, 3.63) is 17.5 Å². The molecule has 1 aliphatic rings. The maximum atomic E-state index is 11.9. The van der Waals surface area contributed by atoms with Gasteiger partial charge in [0.05, 0.1) is 18.3 Å². The molecule has 1 heterocycles. The molecule has 1 aromatic heterocycles. The number of hydrogen-bond acceptors (Lipinski definition) is 4. The average molecular weight is 265 g/mol. The zero-order chi connectivity index (χ0) is 13.7. The Morgan fingerprint density at radius 1 is 1.53 bits per heavy atom. The molecule has 0 aromatic carbocycles. The number of nitrogens with one attached hydrogen (secondary N) is 1. The predicted octanol–water partition coefficient (Wildman–Crippen LogP) is 1.90. The number of nitrogens with two attached hydrogens (primary N) is 1. The van der Waals surface area contributed by atoms with E-state index < -0.39 is 6.04 Å². The summed E-state index contributed by atoms with van der Waals surface area (Å²) in [5.74, 6) is 1.18. The maximum Gasteiger partial charge on any atom is 0.237 e. The van der Waals surface area contributed by atoms with E-state index in [1.807, 2.05) is 13.0 Å². The first-order valence-corrected chi connectivity index (χ1v) is 7.10. The highest BCUT2D eigenvalue weighted by molar-refractivity contribution is 5.81. The van der Waals surface area contributed by atoms with Gasteiger partial charge in [-0.3, -0.25) is 4.79 Å². The third-order valence-electron chi connectivity index (χ3n) is 3.76. The zero-order valence-corrected chi connectivity index (χ0v) is 11.5. The van der Waals surface area contributed by atoms with Crippen molar-refractivity contribution in [3.8, 4) is 0 Å². The minimum atomic E-state index is -0.410. The van der Waals surface area contributed by atoms with E-state index >= 15 is 0 Å². The monoisotopic (exact) mass is 265 g/mol. The Morgan fingerprint density at radius 2 is 2.26 bits per heavy atom. The molecule has 1 atom stereocenters. The fourth-order valence-corrected chi connectivity index (χ4v) is 2.69. The third-order valence-corrected chi connectivity index (χ3v) is 3.76. The summed E-state index contributed by atoms with van der Waals surface area (Å²) >= 11 is 0. The summed E-state index contributed by atoms with van der Waals surface area (Å²) in [4.78, 5) is 11.9. The van der Waals surface area contributed by atoms with Gasteiger partial charge in [0, 0.05) is 6.07 Å². The Labute approximate surface area is 113 Å². The molecular formula is C14H23N3O2. The molecule has 1 aromatic rings. The average Bonchev–Trinajstić information content (AvgIpc) is 2.83. The van der Waals surface area contributed by atoms with Gasteiger partial charge in [0.1, 0.15) is 0 Å². The van der Waals surface area contributed by atoms with Crippen molar-refractivity contribution in [2.75, 3.05) is 0 Å². The summed E-state index contributed by atoms with van der Waals surface area (Å²) in [5, 5.41) is 6.58. The van der Waals surface area contributed by atoms with Crippen LogP contribution in [0, 0.1) is 12.8 Å². The second kappa shape index (κ2) is 6.70. The van der Waals surface area contributed by atoms with Crippen molar-refractivity contribution in [1.82, 2.24) is 10.5 Å². The zero-order valence-electron chi connectivity index (χ0n) is 11.5. The molecule has 1 saturated carbocycles. The molecule has 0 aliphatic heterocycles. The number of aryl methyl sites for hydroxylation is 1. The first-order valence-electron chi connectivity index (χ1n) is 7.10. The Morgan fingerprint density at radius 3 is 2.89 bits per heavy atom. The molecule has 106 valence electrons. The van der Waals surface area contributed by atoms with Crippen molar-refractivity contribution in [3.63, 3.8) is 0 Å². The van der Waals surface area contributed by atoms with Crippen LogP contribution in [0.15, 0.2) is 10.6 Å². The largest absolute Gasteiger partial charge is 0.359 e. The first-order chi connectivity index (χ1) is 9.15. The second-order valence-corrected chi connectivity index (χ2v) is 5.50. The first kappa shape index (κ1) is 14.1. The molecule has 1 amide bonds. The van der Waals surface area contributed by atoms with Gasteiger partial charge in [0.15, 0.2) is 5.76 Å². The van der Waals surface area contributed by atoms with E-state index in [1.54, 1.807) is 0 Å². The molecule has 1 aliphatic carbocycles. The molecule has 2 rings (SSSR count). The van der Waals surface area contributed by atoms with Crippen molar-refractivity contribution in [2.24, 2.45) is 11.7 Å². The van der Waals surface area contributed by atoms with Gasteiger partial charge in [-0.05, 0) is 19.3 Å². The van der Waals surface area contributed by atoms with Crippen LogP contribution in [0.3, 0.4) is 0 Å². The summed E-state index contributed by atoms with van der Waals surface area (Å²) in [5.41, 5.74) is 6.77. The normalized spacial score (nSPS) is 18.2. The van der Waals surface area contributed by atoms with Gasteiger partial charge in [0.25, 0.3) is 0 Å². The summed E-state index contributed by atoms with van der Waals surface area (Å²) in [6.45, 7) is 2.21. The van der Waals surface area contributed by atoms with E-state index in [4.69, 9.17) is 10.3 Å². The Hall–Kier alpha value is -1.36. The highest BCUT2D eigenvalue weighted by atomic mass is 16.5. The van der Waals surface area contributed by atoms with Gasteiger partial charge in [-0.25, -0.2) is 0 Å². The number of nitrogens with zero attached hydrogens (tertiary/aromatic N) is 1. The molecule has 19 heavy (non-hydrogen) atoms. The van der Waals surface area contributed by atoms with E-state index in [-0.39, 0.29) is 5.91 Å². The lowest BCUT2D eigenvalue weighted by atomic mass is 9.85. The molecule has 0 spiro atoms. The summed E-state index contributed by atoms with van der Waals surface area (Å²) in [6.07, 6.45) is 7.08. The Bertz CT molecular complexity index is 411. The topological polar surface area (TPSA) is 81.2 Å². The number of rotatable bonds is 5. The van der Waals surface area contributed by atoms with Gasteiger partial charge in [0.2, 0.25) is 5.91 Å². The number of carbonyl (C=O) groups is 1. The predicted molar refractivity (Wildman–Crippen MR) is 72.3 cm³/mol. The second-order valence-electron chi connectivity index (χ2n) is 5.50. The van der Waals surface area contributed by atoms with Gasteiger partial charge >= 0.3 is 0 Å². The molecule has 1 fully saturated rings. The molecule has 3 N–H and O–H groups in total. The molecule has 0 bridgehead atoms. The van der Waals surface area contributed by atoms with Crippen LogP contribution < -0.4 is 11.1 Å². The van der Waals surface area contributed by atoms with Gasteiger partial charge in [-0.15, -0.1) is 0 Å². The van der Waals surface area contributed by atoms with Crippen molar-refractivity contribution in [1.29, 1.82) is 0 Å². The summed E-state index contributed by atoms with van der Waals surface area (Å²) in [6, 6.07) is 1.40. The SMILES string of the molecule is Cc1cc(CNC(=O)C(N)CC2CCCCC2)on1. The molecule has 5 nitrogen and oxygen atoms in total. The lowest BCUT2D eigenvalue weighted by Gasteiger charge is -2.23. The maximum absolute atomic E-state index is 11.9. The van der Waals surface area contributed by atoms with Crippen LogP contribution in [0.5, 0.6) is 0 Å². The number of carbonyl (C=O) groups excluding carboxylic acids is 1. The van der Waals surface area contributed by atoms with Crippen LogP contribution in [-0.2, 0) is 11.3 Å². The standard InChI is InChI=1S/C14H23N3O2/c1-10-7-12(19-17-10)9-16-14(18)13(15)8-11-5-3-2-4-6-11/h7,11,13H,2-6,8-9,15H2,1H3,(H,16,18). The van der Waals surface area contributed by atoms with Gasteiger partial charge < -0.3 is 15.6 Å². The molecule has 5 heteroatoms. The number of hydrogen-bond donors (Lipinski definition) is 2. The summed E-state index contributed by atoms with van der Waals surface area (Å²) in [7, 11) is 0. The Balaban J connectivity index is 1.72. The number of amides is 1. The lowest BCUT2D eigenvalue weighted by Crippen LogP contribution is -2.41. The highest BCUT2D eigenvalue weighted by Crippen LogP contribution is 2.26. The number of aromatic nitrogens is 1. The minimum absolute atomic E-state index is 0.0976. The molecule has 0 saturated heterocycles. The van der Waals surface area contributed by atoms with Crippen LogP contribution >= 0.6 is 0 Å². The fourth-order valence-electron chi connectivity index (χ4n) is 2.69. The lowest BCUT2D eigenvalue weighted by molar-refractivity contribution is -0.123. The van der Waals surface area contributed by atoms with Crippen LogP contribution in [0.25, 0.3) is 0 Å². The quantitative estimate of drug-likeness (QED) is 0.852. The van der Waals surface area contributed by atoms with Crippen LogP contribution in [0.2, 0.25) is 0 Å². The van der Waals surface area contributed by atoms with E-state index in [1.165, 1.54) is 32.1 Å². The van der Waals surface area contributed by atoms with Gasteiger partial charge in [-0.2, -0.15) is 0 Å². The minimum Gasteiger partial charge on any atom is -0.359 e. The van der Waals surface area contributed by atoms with Crippen LogP contribution in [0.4, 0.5) is 0 Å². The summed E-state index contributed by atoms with van der Waals surface area (Å²) < 4.78 is 5.04. The van der Waals surface area contributed by atoms with Crippen LogP contribution in [-0.4, -0.2) is 17.1 Å². The Kier molecular flexibility index (Phi) is 4.96. The van der Waals surface area contributed by atoms with Gasteiger partial charge in [-0.1, -0.05) is 37.3 Å². The van der Waals surface area contributed by atoms with E-state index in [0.29, 0.717) is 18.2 Å². The van der Waals surface area contributed by atoms with E-state index in [2.05, 4.69) is 10.5 Å². The van der Waals surface area contributed by atoms with E-state index in [9.17, 15) is 4.79 Å².